The van der Waals surface area contributed by atoms with E-state index in [0.29, 0.717) is 15.7 Å². The van der Waals surface area contributed by atoms with Crippen molar-refractivity contribution in [2.75, 3.05) is 5.73 Å². The SMILES string of the molecule is Cc1nc(Sc2ccc(N)cc2C(F)F)nc(C)c1C. The van der Waals surface area contributed by atoms with E-state index in [1.807, 2.05) is 20.8 Å². The lowest BCUT2D eigenvalue weighted by Gasteiger charge is -2.10. The van der Waals surface area contributed by atoms with Crippen LogP contribution in [0.2, 0.25) is 0 Å². The highest BCUT2D eigenvalue weighted by molar-refractivity contribution is 7.99. The van der Waals surface area contributed by atoms with Gasteiger partial charge in [-0.2, -0.15) is 0 Å². The van der Waals surface area contributed by atoms with Gasteiger partial charge in [-0.15, -0.1) is 0 Å². The maximum atomic E-state index is 13.0. The van der Waals surface area contributed by atoms with E-state index in [0.717, 1.165) is 28.7 Å². The maximum Gasteiger partial charge on any atom is 0.265 e. The summed E-state index contributed by atoms with van der Waals surface area (Å²) in [5.41, 5.74) is 8.51. The quantitative estimate of drug-likeness (QED) is 0.685. The van der Waals surface area contributed by atoms with E-state index in [-0.39, 0.29) is 5.56 Å². The molecule has 0 aliphatic heterocycles. The zero-order valence-electron chi connectivity index (χ0n) is 11.4. The summed E-state index contributed by atoms with van der Waals surface area (Å²) < 4.78 is 26.0. The van der Waals surface area contributed by atoms with Crippen LogP contribution in [0.4, 0.5) is 14.5 Å². The number of nitrogen functional groups attached to an aromatic ring is 1. The molecule has 0 atom stereocenters. The molecule has 1 aromatic carbocycles. The summed E-state index contributed by atoms with van der Waals surface area (Å²) in [6.45, 7) is 5.70. The van der Waals surface area contributed by atoms with Gasteiger partial charge in [0, 0.05) is 27.5 Å². The average molecular weight is 295 g/mol. The molecule has 0 amide bonds. The van der Waals surface area contributed by atoms with Crippen LogP contribution in [0.5, 0.6) is 0 Å². The molecule has 6 heteroatoms. The summed E-state index contributed by atoms with van der Waals surface area (Å²) in [6, 6.07) is 4.47. The van der Waals surface area contributed by atoms with Crippen LogP contribution in [0.3, 0.4) is 0 Å². The molecule has 0 unspecified atom stereocenters. The summed E-state index contributed by atoms with van der Waals surface area (Å²) in [4.78, 5) is 9.08. The van der Waals surface area contributed by atoms with Crippen molar-refractivity contribution in [1.29, 1.82) is 0 Å². The molecular weight excluding hydrogens is 280 g/mol. The van der Waals surface area contributed by atoms with Gasteiger partial charge in [0.05, 0.1) is 0 Å². The van der Waals surface area contributed by atoms with Gasteiger partial charge in [-0.05, 0) is 56.3 Å². The number of halogens is 2. The number of hydrogen-bond acceptors (Lipinski definition) is 4. The molecule has 2 aromatic rings. The molecule has 2 rings (SSSR count). The van der Waals surface area contributed by atoms with E-state index < -0.39 is 6.43 Å². The monoisotopic (exact) mass is 295 g/mol. The highest BCUT2D eigenvalue weighted by atomic mass is 32.2. The van der Waals surface area contributed by atoms with Gasteiger partial charge in [0.2, 0.25) is 0 Å². The smallest absolute Gasteiger partial charge is 0.265 e. The average Bonchev–Trinajstić information content (AvgIpc) is 2.37. The van der Waals surface area contributed by atoms with Gasteiger partial charge < -0.3 is 5.73 Å². The van der Waals surface area contributed by atoms with Crippen LogP contribution in [0.25, 0.3) is 0 Å². The van der Waals surface area contributed by atoms with Crippen LogP contribution in [0, 0.1) is 20.8 Å². The number of rotatable bonds is 3. The first-order valence-electron chi connectivity index (χ1n) is 6.05. The predicted molar refractivity (Wildman–Crippen MR) is 76.2 cm³/mol. The van der Waals surface area contributed by atoms with E-state index in [2.05, 4.69) is 9.97 Å². The van der Waals surface area contributed by atoms with Gasteiger partial charge >= 0.3 is 0 Å². The van der Waals surface area contributed by atoms with Crippen molar-refractivity contribution >= 4 is 17.4 Å². The van der Waals surface area contributed by atoms with Crippen molar-refractivity contribution in [2.45, 2.75) is 37.2 Å². The Morgan fingerprint density at radius 1 is 1.10 bits per heavy atom. The van der Waals surface area contributed by atoms with Crippen LogP contribution in [-0.4, -0.2) is 9.97 Å². The summed E-state index contributed by atoms with van der Waals surface area (Å²) in [5.74, 6) is 0. The van der Waals surface area contributed by atoms with Crippen LogP contribution in [-0.2, 0) is 0 Å². The van der Waals surface area contributed by atoms with E-state index in [4.69, 9.17) is 5.73 Å². The number of alkyl halides is 2. The van der Waals surface area contributed by atoms with Gasteiger partial charge in [0.15, 0.2) is 5.16 Å². The highest BCUT2D eigenvalue weighted by Gasteiger charge is 2.16. The molecule has 20 heavy (non-hydrogen) atoms. The standard InChI is InChI=1S/C14H15F2N3S/c1-7-8(2)18-14(19-9(7)3)20-12-5-4-10(17)6-11(12)13(15)16/h4-6,13H,17H2,1-3H3. The Bertz CT molecular complexity index is 621. The fourth-order valence-electron chi connectivity index (χ4n) is 1.72. The van der Waals surface area contributed by atoms with Crippen LogP contribution < -0.4 is 5.73 Å². The molecule has 0 spiro atoms. The number of hydrogen-bond donors (Lipinski definition) is 1. The minimum absolute atomic E-state index is 0.0884. The number of benzene rings is 1. The van der Waals surface area contributed by atoms with Gasteiger partial charge in [-0.3, -0.25) is 0 Å². The summed E-state index contributed by atoms with van der Waals surface area (Å²) in [5, 5.41) is 0.470. The molecule has 2 N–H and O–H groups in total. The zero-order chi connectivity index (χ0) is 14.9. The van der Waals surface area contributed by atoms with Gasteiger partial charge in [-0.25, -0.2) is 18.7 Å². The van der Waals surface area contributed by atoms with Gasteiger partial charge in [0.25, 0.3) is 6.43 Å². The van der Waals surface area contributed by atoms with Crippen LogP contribution >= 0.6 is 11.8 Å². The largest absolute Gasteiger partial charge is 0.399 e. The van der Waals surface area contributed by atoms with E-state index >= 15 is 0 Å². The third-order valence-corrected chi connectivity index (χ3v) is 4.04. The number of nitrogens with two attached hydrogens (primary N) is 1. The molecular formula is C14H15F2N3S. The fraction of sp³-hybridized carbons (Fsp3) is 0.286. The van der Waals surface area contributed by atoms with E-state index in [9.17, 15) is 8.78 Å². The molecule has 0 aliphatic carbocycles. The minimum Gasteiger partial charge on any atom is -0.399 e. The fourth-order valence-corrected chi connectivity index (χ4v) is 2.68. The lowest BCUT2D eigenvalue weighted by atomic mass is 10.2. The summed E-state index contributed by atoms with van der Waals surface area (Å²) in [6.07, 6.45) is -2.58. The first kappa shape index (κ1) is 14.7. The molecule has 1 heterocycles. The zero-order valence-corrected chi connectivity index (χ0v) is 12.3. The molecule has 0 radical (unpaired) electrons. The first-order chi connectivity index (χ1) is 9.38. The van der Waals surface area contributed by atoms with Crippen molar-refractivity contribution in [2.24, 2.45) is 0 Å². The van der Waals surface area contributed by atoms with Crippen molar-refractivity contribution in [3.05, 3.63) is 40.7 Å². The summed E-state index contributed by atoms with van der Waals surface area (Å²) >= 11 is 1.13. The topological polar surface area (TPSA) is 51.8 Å². The van der Waals surface area contributed by atoms with Crippen molar-refractivity contribution in [3.63, 3.8) is 0 Å². The maximum absolute atomic E-state index is 13.0. The lowest BCUT2D eigenvalue weighted by molar-refractivity contribution is 0.148. The number of aromatic nitrogens is 2. The van der Waals surface area contributed by atoms with Crippen LogP contribution in [0.1, 0.15) is 28.9 Å². The van der Waals surface area contributed by atoms with Crippen molar-refractivity contribution in [1.82, 2.24) is 9.97 Å². The minimum atomic E-state index is -2.58. The Morgan fingerprint density at radius 3 is 2.25 bits per heavy atom. The van der Waals surface area contributed by atoms with E-state index in [1.54, 1.807) is 12.1 Å². The van der Waals surface area contributed by atoms with Crippen molar-refractivity contribution in [3.8, 4) is 0 Å². The Labute approximate surface area is 120 Å². The second-order valence-electron chi connectivity index (χ2n) is 4.50. The Morgan fingerprint density at radius 2 is 1.70 bits per heavy atom. The van der Waals surface area contributed by atoms with Crippen LogP contribution in [0.15, 0.2) is 28.3 Å². The third-order valence-electron chi connectivity index (χ3n) is 3.08. The Kier molecular flexibility index (Phi) is 4.23. The lowest BCUT2D eigenvalue weighted by Crippen LogP contribution is -1.99. The first-order valence-corrected chi connectivity index (χ1v) is 6.87. The normalized spacial score (nSPS) is 11.1. The second-order valence-corrected chi connectivity index (χ2v) is 5.51. The second kappa shape index (κ2) is 5.75. The van der Waals surface area contributed by atoms with E-state index in [1.165, 1.54) is 6.07 Å². The predicted octanol–water partition coefficient (Wildman–Crippen LogP) is 4.07. The number of aryl methyl sites for hydroxylation is 2. The Hall–Kier alpha value is -1.69. The molecule has 0 aliphatic rings. The third kappa shape index (κ3) is 3.07. The van der Waals surface area contributed by atoms with Crippen molar-refractivity contribution < 1.29 is 8.78 Å². The van der Waals surface area contributed by atoms with Gasteiger partial charge in [-0.1, -0.05) is 0 Å². The molecule has 1 aromatic heterocycles. The van der Waals surface area contributed by atoms with Gasteiger partial charge in [0.1, 0.15) is 0 Å². The molecule has 0 fully saturated rings. The summed E-state index contributed by atoms with van der Waals surface area (Å²) in [7, 11) is 0. The number of nitrogens with zero attached hydrogens (tertiary/aromatic N) is 2. The highest BCUT2D eigenvalue weighted by Crippen LogP contribution is 2.35. The molecule has 0 bridgehead atoms. The molecule has 0 saturated heterocycles. The Balaban J connectivity index is 2.40. The number of anilines is 1. The molecule has 106 valence electrons. The molecule has 0 saturated carbocycles. The molecule has 3 nitrogen and oxygen atoms in total.